The smallest absolute Gasteiger partial charge is 0.223 e. The van der Waals surface area contributed by atoms with E-state index in [9.17, 15) is 4.79 Å². The summed E-state index contributed by atoms with van der Waals surface area (Å²) in [6.07, 6.45) is 0. The van der Waals surface area contributed by atoms with Crippen molar-refractivity contribution in [3.63, 3.8) is 0 Å². The lowest BCUT2D eigenvalue weighted by atomic mass is 9.87. The number of carbonyl (C=O) groups is 1. The van der Waals surface area contributed by atoms with Gasteiger partial charge in [-0.15, -0.1) is 0 Å². The largest absolute Gasteiger partial charge is 0.316 e. The maximum atomic E-state index is 11.2. The number of hydrogen-bond acceptors (Lipinski definition) is 1. The van der Waals surface area contributed by atoms with Crippen LogP contribution in [-0.2, 0) is 10.2 Å². The van der Waals surface area contributed by atoms with Crippen LogP contribution in [0.3, 0.4) is 0 Å². The monoisotopic (exact) mass is 205 g/mol. The molecule has 0 spiro atoms. The van der Waals surface area contributed by atoms with Gasteiger partial charge in [-0.3, -0.25) is 4.79 Å². The van der Waals surface area contributed by atoms with Crippen LogP contribution in [0.4, 0.5) is 5.69 Å². The van der Waals surface area contributed by atoms with Crippen molar-refractivity contribution in [3.05, 3.63) is 29.8 Å². The molecular formula is C13H19NO. The van der Waals surface area contributed by atoms with Crippen molar-refractivity contribution in [1.82, 2.24) is 0 Å². The third kappa shape index (κ3) is 2.82. The Bertz CT molecular complexity index is 363. The van der Waals surface area contributed by atoms with Crippen molar-refractivity contribution in [2.75, 3.05) is 11.9 Å². The fourth-order valence-corrected chi connectivity index (χ4v) is 1.36. The summed E-state index contributed by atoms with van der Waals surface area (Å²) < 4.78 is 0. The summed E-state index contributed by atoms with van der Waals surface area (Å²) in [5.41, 5.74) is 2.32. The molecular weight excluding hydrogens is 186 g/mol. The first-order valence-corrected chi connectivity index (χ1v) is 5.17. The van der Waals surface area contributed by atoms with Crippen LogP contribution in [0.2, 0.25) is 0 Å². The Morgan fingerprint density at radius 3 is 2.33 bits per heavy atom. The van der Waals surface area contributed by atoms with Gasteiger partial charge in [-0.1, -0.05) is 32.9 Å². The molecule has 0 N–H and O–H groups in total. The van der Waals surface area contributed by atoms with Crippen LogP contribution in [0, 0.1) is 0 Å². The second kappa shape index (κ2) is 4.05. The van der Waals surface area contributed by atoms with Gasteiger partial charge in [0.2, 0.25) is 5.91 Å². The zero-order chi connectivity index (χ0) is 11.6. The lowest BCUT2D eigenvalue weighted by Gasteiger charge is -2.22. The second-order valence-corrected chi connectivity index (χ2v) is 4.88. The summed E-state index contributed by atoms with van der Waals surface area (Å²) in [6.45, 7) is 8.07. The molecule has 0 bridgehead atoms. The Morgan fingerprint density at radius 1 is 1.27 bits per heavy atom. The van der Waals surface area contributed by atoms with Crippen molar-refractivity contribution in [2.45, 2.75) is 33.1 Å². The number of amides is 1. The van der Waals surface area contributed by atoms with Crippen molar-refractivity contribution in [1.29, 1.82) is 0 Å². The summed E-state index contributed by atoms with van der Waals surface area (Å²) >= 11 is 0. The van der Waals surface area contributed by atoms with E-state index in [4.69, 9.17) is 0 Å². The minimum absolute atomic E-state index is 0.0565. The lowest BCUT2D eigenvalue weighted by Crippen LogP contribution is -2.23. The molecule has 2 nitrogen and oxygen atoms in total. The fraction of sp³-hybridized carbons (Fsp3) is 0.462. The maximum Gasteiger partial charge on any atom is 0.223 e. The summed E-state index contributed by atoms with van der Waals surface area (Å²) in [5, 5.41) is 0. The van der Waals surface area contributed by atoms with Crippen molar-refractivity contribution < 1.29 is 4.79 Å². The van der Waals surface area contributed by atoms with Crippen LogP contribution >= 0.6 is 0 Å². The molecule has 1 aromatic carbocycles. The molecule has 2 heteroatoms. The van der Waals surface area contributed by atoms with Crippen LogP contribution in [0.15, 0.2) is 24.3 Å². The van der Waals surface area contributed by atoms with Gasteiger partial charge in [0, 0.05) is 19.7 Å². The van der Waals surface area contributed by atoms with Gasteiger partial charge < -0.3 is 4.90 Å². The van der Waals surface area contributed by atoms with Gasteiger partial charge >= 0.3 is 0 Å². The summed E-state index contributed by atoms with van der Waals surface area (Å²) in [4.78, 5) is 12.9. The molecule has 0 radical (unpaired) electrons. The number of benzene rings is 1. The minimum atomic E-state index is 0.0565. The molecule has 1 aromatic rings. The number of hydrogen-bond donors (Lipinski definition) is 0. The highest BCUT2D eigenvalue weighted by molar-refractivity contribution is 5.90. The first-order chi connectivity index (χ1) is 6.82. The average Bonchev–Trinajstić information content (AvgIpc) is 2.15. The van der Waals surface area contributed by atoms with Crippen LogP contribution in [0.1, 0.15) is 33.3 Å². The molecule has 0 aliphatic heterocycles. The van der Waals surface area contributed by atoms with E-state index in [1.807, 2.05) is 12.1 Å². The molecule has 0 atom stereocenters. The molecule has 0 aliphatic carbocycles. The van der Waals surface area contributed by atoms with Crippen molar-refractivity contribution in [2.24, 2.45) is 0 Å². The third-order valence-electron chi connectivity index (χ3n) is 2.57. The van der Waals surface area contributed by atoms with E-state index in [0.717, 1.165) is 5.69 Å². The third-order valence-corrected chi connectivity index (χ3v) is 2.57. The van der Waals surface area contributed by atoms with E-state index < -0.39 is 0 Å². The van der Waals surface area contributed by atoms with Gasteiger partial charge in [0.1, 0.15) is 0 Å². The highest BCUT2D eigenvalue weighted by atomic mass is 16.2. The van der Waals surface area contributed by atoms with Crippen LogP contribution in [-0.4, -0.2) is 13.0 Å². The number of nitrogens with zero attached hydrogens (tertiary/aromatic N) is 1. The van der Waals surface area contributed by atoms with Gasteiger partial charge in [0.05, 0.1) is 0 Å². The topological polar surface area (TPSA) is 20.3 Å². The Labute approximate surface area is 91.9 Å². The van der Waals surface area contributed by atoms with Crippen molar-refractivity contribution >= 4 is 11.6 Å². The predicted octanol–water partition coefficient (Wildman–Crippen LogP) is 2.97. The van der Waals surface area contributed by atoms with E-state index in [2.05, 4.69) is 32.9 Å². The van der Waals surface area contributed by atoms with E-state index in [0.29, 0.717) is 0 Å². The van der Waals surface area contributed by atoms with E-state index in [1.54, 1.807) is 18.9 Å². The van der Waals surface area contributed by atoms with E-state index in [1.165, 1.54) is 5.56 Å². The molecule has 0 heterocycles. The molecule has 0 fully saturated rings. The van der Waals surface area contributed by atoms with Crippen LogP contribution < -0.4 is 4.90 Å². The molecule has 15 heavy (non-hydrogen) atoms. The van der Waals surface area contributed by atoms with Crippen LogP contribution in [0.25, 0.3) is 0 Å². The molecule has 0 saturated carbocycles. The summed E-state index contributed by atoms with van der Waals surface area (Å²) in [5.74, 6) is 0.0565. The molecule has 0 saturated heterocycles. The highest BCUT2D eigenvalue weighted by Crippen LogP contribution is 2.25. The standard InChI is InChI=1S/C13H19NO/c1-10(15)14(5)12-8-6-7-11(9-12)13(2,3)4/h6-9H,1-5H3. The maximum absolute atomic E-state index is 11.2. The first-order valence-electron chi connectivity index (χ1n) is 5.17. The minimum Gasteiger partial charge on any atom is -0.316 e. The highest BCUT2D eigenvalue weighted by Gasteiger charge is 2.15. The quantitative estimate of drug-likeness (QED) is 0.690. The Kier molecular flexibility index (Phi) is 3.18. The second-order valence-electron chi connectivity index (χ2n) is 4.88. The zero-order valence-electron chi connectivity index (χ0n) is 10.2. The zero-order valence-corrected chi connectivity index (χ0v) is 10.2. The van der Waals surface area contributed by atoms with Crippen molar-refractivity contribution in [3.8, 4) is 0 Å². The van der Waals surface area contributed by atoms with Gasteiger partial charge in [-0.2, -0.15) is 0 Å². The lowest BCUT2D eigenvalue weighted by molar-refractivity contribution is -0.116. The van der Waals surface area contributed by atoms with E-state index >= 15 is 0 Å². The normalized spacial score (nSPS) is 11.3. The van der Waals surface area contributed by atoms with Gasteiger partial charge in [0.15, 0.2) is 0 Å². The number of carbonyl (C=O) groups excluding carboxylic acids is 1. The number of anilines is 1. The van der Waals surface area contributed by atoms with Gasteiger partial charge in [0.25, 0.3) is 0 Å². The Hall–Kier alpha value is -1.31. The van der Waals surface area contributed by atoms with Gasteiger partial charge in [-0.05, 0) is 23.1 Å². The van der Waals surface area contributed by atoms with Gasteiger partial charge in [-0.25, -0.2) is 0 Å². The Morgan fingerprint density at radius 2 is 1.87 bits per heavy atom. The van der Waals surface area contributed by atoms with Crippen LogP contribution in [0.5, 0.6) is 0 Å². The summed E-state index contributed by atoms with van der Waals surface area (Å²) in [6, 6.07) is 8.12. The summed E-state index contributed by atoms with van der Waals surface area (Å²) in [7, 11) is 1.80. The molecule has 1 amide bonds. The molecule has 0 unspecified atom stereocenters. The average molecular weight is 205 g/mol. The molecule has 1 rings (SSSR count). The molecule has 0 aliphatic rings. The first kappa shape index (κ1) is 11.8. The number of rotatable bonds is 1. The fourth-order valence-electron chi connectivity index (χ4n) is 1.36. The molecule has 0 aromatic heterocycles. The SMILES string of the molecule is CC(=O)N(C)c1cccc(C(C)(C)C)c1. The van der Waals surface area contributed by atoms with E-state index in [-0.39, 0.29) is 11.3 Å². The predicted molar refractivity (Wildman–Crippen MR) is 64.2 cm³/mol. The Balaban J connectivity index is 3.08. The molecule has 82 valence electrons.